The van der Waals surface area contributed by atoms with E-state index in [0.29, 0.717) is 18.5 Å². The Bertz CT molecular complexity index is 1160. The maximum atomic E-state index is 11.2. The van der Waals surface area contributed by atoms with Crippen molar-refractivity contribution in [2.75, 3.05) is 11.9 Å². The van der Waals surface area contributed by atoms with Crippen LogP contribution in [0.5, 0.6) is 0 Å². The number of carboxylic acids is 1. The van der Waals surface area contributed by atoms with Gasteiger partial charge in [-0.2, -0.15) is 0 Å². The van der Waals surface area contributed by atoms with Crippen molar-refractivity contribution in [3.8, 4) is 11.1 Å². The van der Waals surface area contributed by atoms with Crippen LogP contribution < -0.4 is 5.32 Å². The molecule has 2 aliphatic carbocycles. The molecule has 0 spiro atoms. The predicted molar refractivity (Wildman–Crippen MR) is 127 cm³/mol. The number of aliphatic carboxylic acids is 1. The molecule has 4 aliphatic rings. The van der Waals surface area contributed by atoms with E-state index in [4.69, 9.17) is 9.15 Å². The van der Waals surface area contributed by atoms with Crippen LogP contribution in [-0.2, 0) is 14.9 Å². The van der Waals surface area contributed by atoms with Gasteiger partial charge in [0.25, 0.3) is 0 Å². The fourth-order valence-corrected chi connectivity index (χ4v) is 5.63. The van der Waals surface area contributed by atoms with Gasteiger partial charge in [0, 0.05) is 17.0 Å². The topological polar surface area (TPSA) is 97.5 Å². The fourth-order valence-electron chi connectivity index (χ4n) is 5.63. The van der Waals surface area contributed by atoms with E-state index in [1.54, 1.807) is 0 Å². The Labute approximate surface area is 198 Å². The Hall–Kier alpha value is -3.19. The average molecular weight is 460 g/mol. The quantitative estimate of drug-likeness (QED) is 0.460. The lowest BCUT2D eigenvalue weighted by atomic mass is 9.62. The van der Waals surface area contributed by atoms with Crippen LogP contribution in [0.15, 0.2) is 52.9 Å². The molecule has 7 heteroatoms. The van der Waals surface area contributed by atoms with Gasteiger partial charge < -0.3 is 19.6 Å². The maximum Gasteiger partial charge on any atom is 0.320 e. The molecule has 3 heterocycles. The van der Waals surface area contributed by atoms with Crippen LogP contribution in [0.1, 0.15) is 68.7 Å². The number of rotatable bonds is 7. The zero-order chi connectivity index (χ0) is 23.2. The molecule has 2 N–H and O–H groups in total. The van der Waals surface area contributed by atoms with E-state index in [0.717, 1.165) is 61.2 Å². The molecular weight excluding hydrogens is 430 g/mol. The normalized spacial score (nSPS) is 26.2. The summed E-state index contributed by atoms with van der Waals surface area (Å²) in [4.78, 5) is 11.2. The first-order valence-corrected chi connectivity index (χ1v) is 12.2. The van der Waals surface area contributed by atoms with Crippen LogP contribution in [-0.4, -0.2) is 33.5 Å². The monoisotopic (exact) mass is 459 g/mol. The molecule has 176 valence electrons. The summed E-state index contributed by atoms with van der Waals surface area (Å²) in [5.74, 6) is 0.392. The second-order valence-electron chi connectivity index (χ2n) is 10.2. The van der Waals surface area contributed by atoms with E-state index in [9.17, 15) is 9.90 Å². The number of carboxylic acid groups (broad SMARTS) is 1. The summed E-state index contributed by atoms with van der Waals surface area (Å²) in [6.07, 6.45) is 7.22. The summed E-state index contributed by atoms with van der Waals surface area (Å²) in [5.41, 5.74) is 4.05. The molecule has 2 saturated carbocycles. The van der Waals surface area contributed by atoms with E-state index in [1.165, 1.54) is 12.0 Å². The number of ether oxygens (including phenoxy) is 1. The third-order valence-electron chi connectivity index (χ3n) is 8.11. The minimum Gasteiger partial charge on any atom is -0.481 e. The number of carbonyl (C=O) groups is 1. The van der Waals surface area contributed by atoms with Gasteiger partial charge in [-0.05, 0) is 67.3 Å². The lowest BCUT2D eigenvalue weighted by Crippen LogP contribution is -2.54. The van der Waals surface area contributed by atoms with Gasteiger partial charge in [-0.25, -0.2) is 0 Å². The van der Waals surface area contributed by atoms with Crippen molar-refractivity contribution >= 4 is 17.7 Å². The molecule has 1 aromatic heterocycles. The molecule has 3 aromatic rings. The van der Waals surface area contributed by atoms with Gasteiger partial charge in [-0.3, -0.25) is 4.79 Å². The highest BCUT2D eigenvalue weighted by molar-refractivity contribution is 5.69. The Morgan fingerprint density at radius 2 is 1.65 bits per heavy atom. The zero-order valence-corrected chi connectivity index (χ0v) is 19.1. The highest BCUT2D eigenvalue weighted by Gasteiger charge is 2.51. The highest BCUT2D eigenvalue weighted by atomic mass is 16.5. The first-order valence-electron chi connectivity index (χ1n) is 12.2. The van der Waals surface area contributed by atoms with E-state index in [2.05, 4.69) is 51.9 Å². The number of benzene rings is 2. The molecule has 2 aliphatic heterocycles. The van der Waals surface area contributed by atoms with Crippen molar-refractivity contribution in [1.82, 2.24) is 10.2 Å². The van der Waals surface area contributed by atoms with E-state index >= 15 is 0 Å². The third-order valence-corrected chi connectivity index (χ3v) is 8.11. The molecule has 4 fully saturated rings. The minimum absolute atomic E-state index is 0.00890. The smallest absolute Gasteiger partial charge is 0.320 e. The van der Waals surface area contributed by atoms with E-state index in [1.807, 2.05) is 12.1 Å². The lowest BCUT2D eigenvalue weighted by molar-refractivity contribution is -0.174. The van der Waals surface area contributed by atoms with Crippen molar-refractivity contribution in [2.45, 2.75) is 68.3 Å². The standard InChI is InChI=1S/C27H29N3O4/c31-23(32)16-27-14-12-26(13-15-27,17-33-27)21-8-4-18(5-9-21)19-6-10-22(11-7-19)28-25-30-29-24(34-25)20-2-1-3-20/h4-11,20H,1-3,12-17H2,(H,28,30)(H,31,32). The van der Waals surface area contributed by atoms with Crippen LogP contribution in [0.25, 0.3) is 11.1 Å². The SMILES string of the molecule is O=C(O)CC12CCC(c3ccc(-c4ccc(Nc5nnc(C6CCC6)o5)cc4)cc3)(CC1)CO2. The molecule has 0 unspecified atom stereocenters. The summed E-state index contributed by atoms with van der Waals surface area (Å²) < 4.78 is 11.9. The Morgan fingerprint density at radius 3 is 2.21 bits per heavy atom. The Kier molecular flexibility index (Phi) is 5.17. The van der Waals surface area contributed by atoms with Crippen LogP contribution in [0.2, 0.25) is 0 Å². The zero-order valence-electron chi connectivity index (χ0n) is 19.1. The Balaban J connectivity index is 1.11. The third kappa shape index (κ3) is 3.88. The molecular formula is C27H29N3O4. The first-order chi connectivity index (χ1) is 16.5. The molecule has 0 amide bonds. The number of aromatic nitrogens is 2. The molecule has 0 radical (unpaired) electrons. The van der Waals surface area contributed by atoms with Gasteiger partial charge in [0.1, 0.15) is 0 Å². The summed E-state index contributed by atoms with van der Waals surface area (Å²) in [7, 11) is 0. The summed E-state index contributed by atoms with van der Waals surface area (Å²) in [5, 5.41) is 20.7. The van der Waals surface area contributed by atoms with Crippen LogP contribution in [0, 0.1) is 0 Å². The predicted octanol–water partition coefficient (Wildman–Crippen LogP) is 5.80. The van der Waals surface area contributed by atoms with Gasteiger partial charge >= 0.3 is 12.0 Å². The van der Waals surface area contributed by atoms with Crippen LogP contribution >= 0.6 is 0 Å². The molecule has 7 nitrogen and oxygen atoms in total. The van der Waals surface area contributed by atoms with Gasteiger partial charge in [0.05, 0.1) is 18.6 Å². The second kappa shape index (κ2) is 8.24. The van der Waals surface area contributed by atoms with Crippen LogP contribution in [0.3, 0.4) is 0 Å². The molecule has 7 rings (SSSR count). The number of anilines is 2. The molecule has 0 atom stereocenters. The van der Waals surface area contributed by atoms with Gasteiger partial charge in [0.2, 0.25) is 5.89 Å². The largest absolute Gasteiger partial charge is 0.481 e. The Morgan fingerprint density at radius 1 is 0.971 bits per heavy atom. The number of hydrogen-bond donors (Lipinski definition) is 2. The minimum atomic E-state index is -0.768. The lowest BCUT2D eigenvalue weighted by Gasteiger charge is -2.53. The van der Waals surface area contributed by atoms with Gasteiger partial charge in [-0.1, -0.05) is 47.9 Å². The van der Waals surface area contributed by atoms with E-state index < -0.39 is 11.6 Å². The second-order valence-corrected chi connectivity index (χ2v) is 10.2. The van der Waals surface area contributed by atoms with Crippen molar-refractivity contribution < 1.29 is 19.1 Å². The number of hydrogen-bond acceptors (Lipinski definition) is 6. The molecule has 2 bridgehead atoms. The fraction of sp³-hybridized carbons (Fsp3) is 0.444. The maximum absolute atomic E-state index is 11.2. The molecule has 34 heavy (non-hydrogen) atoms. The molecule has 2 aromatic carbocycles. The van der Waals surface area contributed by atoms with E-state index in [-0.39, 0.29) is 11.8 Å². The first kappa shape index (κ1) is 21.4. The van der Waals surface area contributed by atoms with Crippen molar-refractivity contribution in [3.63, 3.8) is 0 Å². The van der Waals surface area contributed by atoms with Crippen molar-refractivity contribution in [3.05, 3.63) is 60.0 Å². The molecule has 2 saturated heterocycles. The summed E-state index contributed by atoms with van der Waals surface area (Å²) in [6, 6.07) is 17.4. The highest BCUT2D eigenvalue weighted by Crippen LogP contribution is 2.51. The van der Waals surface area contributed by atoms with Crippen molar-refractivity contribution in [2.24, 2.45) is 0 Å². The number of nitrogens with zero attached hydrogens (tertiary/aromatic N) is 2. The average Bonchev–Trinajstić information content (AvgIpc) is 3.27. The van der Waals surface area contributed by atoms with Gasteiger partial charge in [-0.15, -0.1) is 5.10 Å². The summed E-state index contributed by atoms with van der Waals surface area (Å²) in [6.45, 7) is 0.609. The van der Waals surface area contributed by atoms with Crippen LogP contribution in [0.4, 0.5) is 11.7 Å². The number of nitrogens with one attached hydrogen (secondary N) is 1. The summed E-state index contributed by atoms with van der Waals surface area (Å²) >= 11 is 0. The number of fused-ring (bicyclic) bond motifs is 3. The van der Waals surface area contributed by atoms with Crippen molar-refractivity contribution in [1.29, 1.82) is 0 Å². The van der Waals surface area contributed by atoms with Gasteiger partial charge in [0.15, 0.2) is 0 Å².